The molecule has 2 aromatic carbocycles. The van der Waals surface area contributed by atoms with Gasteiger partial charge < -0.3 is 0 Å². The van der Waals surface area contributed by atoms with E-state index >= 15 is 0 Å². The van der Waals surface area contributed by atoms with Crippen LogP contribution in [0, 0.1) is 35.5 Å². The Kier molecular flexibility index (Phi) is 3.17. The van der Waals surface area contributed by atoms with Crippen LogP contribution in [-0.4, -0.2) is 22.7 Å². The molecule has 1 N–H and O–H groups in total. The Bertz CT molecular complexity index is 1030. The number of rotatable bonds is 3. The Balaban J connectivity index is 1.23. The molecular formula is C23H20N2O3. The van der Waals surface area contributed by atoms with Crippen LogP contribution in [0.15, 0.2) is 54.6 Å². The zero-order valence-corrected chi connectivity index (χ0v) is 15.2. The summed E-state index contributed by atoms with van der Waals surface area (Å²) in [4.78, 5) is 38.6. The molecule has 5 nitrogen and oxygen atoms in total. The second-order valence-electron chi connectivity index (χ2n) is 8.52. The summed E-state index contributed by atoms with van der Waals surface area (Å²) < 4.78 is 0. The number of hydrazine groups is 1. The molecule has 2 bridgehead atoms. The molecule has 140 valence electrons. The van der Waals surface area contributed by atoms with Crippen LogP contribution in [0.2, 0.25) is 0 Å². The van der Waals surface area contributed by atoms with Crippen molar-refractivity contribution in [3.63, 3.8) is 0 Å². The number of nitrogens with one attached hydrogen (secondary N) is 1. The lowest BCUT2D eigenvalue weighted by Gasteiger charge is -2.37. The highest BCUT2D eigenvalue weighted by atomic mass is 16.2. The standard InChI is InChI=1S/C23H20N2O3/c26-19(10-13-6-3-5-12-4-1-2-7-14(12)13)24-25-22(27)20-15-8-9-16(18-11-17(15)18)21(20)23(25)28/h1-9,15-18,20-21H,10-11H2,(H,24,26)/t15-,16+,17-,18-,20+,21+/m1/s1. The van der Waals surface area contributed by atoms with Gasteiger partial charge in [0.15, 0.2) is 0 Å². The van der Waals surface area contributed by atoms with Crippen LogP contribution in [-0.2, 0) is 20.8 Å². The van der Waals surface area contributed by atoms with Crippen LogP contribution in [0.5, 0.6) is 0 Å². The molecular weight excluding hydrogens is 352 g/mol. The molecule has 6 atom stereocenters. The molecule has 0 radical (unpaired) electrons. The van der Waals surface area contributed by atoms with Gasteiger partial charge in [-0.05, 0) is 46.4 Å². The van der Waals surface area contributed by atoms with Gasteiger partial charge in [-0.1, -0.05) is 54.6 Å². The molecule has 5 heteroatoms. The minimum absolute atomic E-state index is 0.129. The van der Waals surface area contributed by atoms with Gasteiger partial charge in [0.2, 0.25) is 5.91 Å². The molecule has 3 fully saturated rings. The average molecular weight is 372 g/mol. The van der Waals surface area contributed by atoms with Crippen molar-refractivity contribution in [2.75, 3.05) is 0 Å². The van der Waals surface area contributed by atoms with Crippen molar-refractivity contribution in [1.29, 1.82) is 0 Å². The van der Waals surface area contributed by atoms with Crippen LogP contribution >= 0.6 is 0 Å². The Morgan fingerprint density at radius 3 is 2.29 bits per heavy atom. The third-order valence-corrected chi connectivity index (χ3v) is 7.13. The van der Waals surface area contributed by atoms with Gasteiger partial charge in [0.1, 0.15) is 0 Å². The van der Waals surface area contributed by atoms with Gasteiger partial charge in [-0.25, -0.2) is 0 Å². The largest absolute Gasteiger partial charge is 0.273 e. The Morgan fingerprint density at radius 2 is 1.57 bits per heavy atom. The third kappa shape index (κ3) is 2.10. The fourth-order valence-corrected chi connectivity index (χ4v) is 5.85. The Hall–Kier alpha value is -2.95. The second kappa shape index (κ2) is 5.53. The van der Waals surface area contributed by atoms with Gasteiger partial charge >= 0.3 is 0 Å². The summed E-state index contributed by atoms with van der Waals surface area (Å²) in [7, 11) is 0. The molecule has 0 aromatic heterocycles. The maximum atomic E-state index is 13.0. The molecule has 1 saturated heterocycles. The van der Waals surface area contributed by atoms with Gasteiger partial charge in [-0.3, -0.25) is 19.8 Å². The lowest BCUT2D eigenvalue weighted by Crippen LogP contribution is -2.47. The van der Waals surface area contributed by atoms with Crippen molar-refractivity contribution in [1.82, 2.24) is 10.4 Å². The SMILES string of the molecule is O=C(Cc1cccc2ccccc12)NN1C(=O)[C@H]2[C@@H]3C=C[C@@H]([C@H]4C[C@H]34)[C@@H]2C1=O. The maximum Gasteiger partial charge on any atom is 0.252 e. The number of imide groups is 1. The molecule has 4 aliphatic carbocycles. The van der Waals surface area contributed by atoms with E-state index in [-0.39, 0.29) is 47.8 Å². The van der Waals surface area contributed by atoms with Crippen LogP contribution in [0.4, 0.5) is 0 Å². The van der Waals surface area contributed by atoms with Gasteiger partial charge in [0.25, 0.3) is 11.8 Å². The number of carbonyl (C=O) groups is 3. The van der Waals surface area contributed by atoms with E-state index in [4.69, 9.17) is 0 Å². The van der Waals surface area contributed by atoms with Crippen molar-refractivity contribution in [3.8, 4) is 0 Å². The summed E-state index contributed by atoms with van der Waals surface area (Å²) in [6, 6.07) is 13.7. The molecule has 5 aliphatic rings. The van der Waals surface area contributed by atoms with Crippen molar-refractivity contribution in [2.24, 2.45) is 35.5 Å². The average Bonchev–Trinajstić information content (AvgIpc) is 3.49. The first kappa shape index (κ1) is 16.0. The monoisotopic (exact) mass is 372 g/mol. The van der Waals surface area contributed by atoms with E-state index in [1.165, 1.54) is 0 Å². The Morgan fingerprint density at radius 1 is 0.929 bits per heavy atom. The number of hydrogen-bond acceptors (Lipinski definition) is 3. The third-order valence-electron chi connectivity index (χ3n) is 7.13. The van der Waals surface area contributed by atoms with Crippen molar-refractivity contribution in [2.45, 2.75) is 12.8 Å². The molecule has 0 unspecified atom stereocenters. The summed E-state index contributed by atoms with van der Waals surface area (Å²) in [5.74, 6) is 0.0684. The molecule has 1 aliphatic heterocycles. The zero-order chi connectivity index (χ0) is 19.0. The fourth-order valence-electron chi connectivity index (χ4n) is 5.85. The maximum absolute atomic E-state index is 13.0. The summed E-state index contributed by atoms with van der Waals surface area (Å²) >= 11 is 0. The minimum atomic E-state index is -0.331. The van der Waals surface area contributed by atoms with Gasteiger partial charge in [0.05, 0.1) is 18.3 Å². The summed E-state index contributed by atoms with van der Waals surface area (Å²) in [5, 5.41) is 3.09. The highest BCUT2D eigenvalue weighted by molar-refractivity contribution is 6.07. The predicted octanol–water partition coefficient (Wildman–Crippen LogP) is 2.47. The van der Waals surface area contributed by atoms with E-state index < -0.39 is 0 Å². The number of amides is 3. The van der Waals surface area contributed by atoms with Crippen molar-refractivity contribution >= 4 is 28.5 Å². The molecule has 3 amide bonds. The molecule has 7 rings (SSSR count). The number of carbonyl (C=O) groups excluding carboxylic acids is 3. The van der Waals surface area contributed by atoms with E-state index in [1.54, 1.807) is 0 Å². The van der Waals surface area contributed by atoms with Gasteiger partial charge in [0, 0.05) is 0 Å². The van der Waals surface area contributed by atoms with Gasteiger partial charge in [-0.2, -0.15) is 5.01 Å². The normalized spacial score (nSPS) is 34.5. The summed E-state index contributed by atoms with van der Waals surface area (Å²) in [5.41, 5.74) is 3.50. The molecule has 0 spiro atoms. The first-order chi connectivity index (χ1) is 13.6. The second-order valence-corrected chi connectivity index (χ2v) is 8.52. The Labute approximate surface area is 162 Å². The van der Waals surface area contributed by atoms with Crippen LogP contribution in [0.3, 0.4) is 0 Å². The van der Waals surface area contributed by atoms with E-state index in [0.717, 1.165) is 27.8 Å². The number of benzene rings is 2. The number of allylic oxidation sites excluding steroid dienone is 2. The van der Waals surface area contributed by atoms with Crippen LogP contribution in [0.25, 0.3) is 10.8 Å². The number of nitrogens with zero attached hydrogens (tertiary/aromatic N) is 1. The van der Waals surface area contributed by atoms with E-state index in [9.17, 15) is 14.4 Å². The zero-order valence-electron chi connectivity index (χ0n) is 15.2. The molecule has 28 heavy (non-hydrogen) atoms. The van der Waals surface area contributed by atoms with Crippen LogP contribution < -0.4 is 5.43 Å². The van der Waals surface area contributed by atoms with Crippen molar-refractivity contribution < 1.29 is 14.4 Å². The molecule has 2 saturated carbocycles. The summed E-state index contributed by atoms with van der Waals surface area (Å²) in [6.07, 6.45) is 5.52. The van der Waals surface area contributed by atoms with E-state index in [2.05, 4.69) is 17.6 Å². The summed E-state index contributed by atoms with van der Waals surface area (Å²) in [6.45, 7) is 0. The lowest BCUT2D eigenvalue weighted by atomic mass is 9.63. The number of hydrogen-bond donors (Lipinski definition) is 1. The van der Waals surface area contributed by atoms with E-state index in [1.807, 2.05) is 42.5 Å². The highest BCUT2D eigenvalue weighted by Crippen LogP contribution is 2.65. The number of fused-ring (bicyclic) bond motifs is 1. The lowest BCUT2D eigenvalue weighted by molar-refractivity contribution is -0.149. The first-order valence-electron chi connectivity index (χ1n) is 9.96. The molecule has 2 aromatic rings. The van der Waals surface area contributed by atoms with Gasteiger partial charge in [-0.15, -0.1) is 0 Å². The topological polar surface area (TPSA) is 66.5 Å². The van der Waals surface area contributed by atoms with Crippen LogP contribution in [0.1, 0.15) is 12.0 Å². The fraction of sp³-hybridized carbons (Fsp3) is 0.348. The van der Waals surface area contributed by atoms with Crippen molar-refractivity contribution in [3.05, 3.63) is 60.2 Å². The quantitative estimate of drug-likeness (QED) is 0.665. The predicted molar refractivity (Wildman–Crippen MR) is 102 cm³/mol. The minimum Gasteiger partial charge on any atom is -0.273 e. The first-order valence-corrected chi connectivity index (χ1v) is 9.96. The van der Waals surface area contributed by atoms with E-state index in [0.29, 0.717) is 11.8 Å². The molecule has 1 heterocycles. The highest BCUT2D eigenvalue weighted by Gasteiger charge is 2.67. The smallest absolute Gasteiger partial charge is 0.252 e.